The van der Waals surface area contributed by atoms with E-state index in [9.17, 15) is 18.0 Å². The molecule has 0 N–H and O–H groups in total. The Morgan fingerprint density at radius 2 is 1.94 bits per heavy atom. The molecule has 2 aliphatic heterocycles. The fourth-order valence-electron chi connectivity index (χ4n) is 4.22. The van der Waals surface area contributed by atoms with Gasteiger partial charge in [-0.15, -0.1) is 0 Å². The predicted octanol–water partition coefficient (Wildman–Crippen LogP) is 1.17. The van der Waals surface area contributed by atoms with Crippen LogP contribution in [0.25, 0.3) is 11.0 Å². The molecule has 0 spiro atoms. The molecule has 5 rings (SSSR count). The summed E-state index contributed by atoms with van der Waals surface area (Å²) in [5.41, 5.74) is 0.923. The van der Waals surface area contributed by atoms with Crippen molar-refractivity contribution in [3.8, 4) is 0 Å². The smallest absolute Gasteiger partial charge is 0.245 e. The number of hydrogen-bond donors (Lipinski definition) is 0. The Morgan fingerprint density at radius 1 is 1.12 bits per heavy atom. The van der Waals surface area contributed by atoms with Gasteiger partial charge in [0.25, 0.3) is 0 Å². The molecule has 168 valence electrons. The normalized spacial score (nSPS) is 20.4. The largest absolute Gasteiger partial charge is 0.467 e. The summed E-state index contributed by atoms with van der Waals surface area (Å²) in [6.45, 7) is 1.64. The molecule has 0 saturated carbocycles. The summed E-state index contributed by atoms with van der Waals surface area (Å²) in [5.74, 6) is 0.0696. The fourth-order valence-corrected chi connectivity index (χ4v) is 6.39. The van der Waals surface area contributed by atoms with Gasteiger partial charge in [-0.25, -0.2) is 8.42 Å². The van der Waals surface area contributed by atoms with Crippen LogP contribution in [0.1, 0.15) is 12.2 Å². The Balaban J connectivity index is 1.22. The van der Waals surface area contributed by atoms with E-state index in [1.165, 1.54) is 10.4 Å². The zero-order valence-corrected chi connectivity index (χ0v) is 18.7. The number of carbonyl (C=O) groups is 2. The van der Waals surface area contributed by atoms with Crippen LogP contribution in [-0.2, 0) is 26.2 Å². The maximum atomic E-state index is 13.2. The van der Waals surface area contributed by atoms with Gasteiger partial charge in [-0.3, -0.25) is 9.59 Å². The Kier molecular flexibility index (Phi) is 5.43. The number of piperazine rings is 1. The number of amides is 2. The first-order valence-corrected chi connectivity index (χ1v) is 12.4. The van der Waals surface area contributed by atoms with Crippen molar-refractivity contribution < 1.29 is 22.4 Å². The van der Waals surface area contributed by atoms with E-state index >= 15 is 0 Å². The number of aromatic nitrogens is 2. The zero-order chi connectivity index (χ0) is 22.3. The number of rotatable bonds is 5. The number of furan rings is 1. The highest BCUT2D eigenvalue weighted by atomic mass is 32.2. The minimum atomic E-state index is -3.75. The summed E-state index contributed by atoms with van der Waals surface area (Å²) in [7, 11) is -3.75. The van der Waals surface area contributed by atoms with Crippen molar-refractivity contribution in [3.63, 3.8) is 0 Å². The lowest BCUT2D eigenvalue weighted by atomic mass is 10.1. The number of nitrogens with zero attached hydrogens (tertiary/aromatic N) is 5. The van der Waals surface area contributed by atoms with Crippen LogP contribution in [0.3, 0.4) is 0 Å². The average molecular weight is 476 g/mol. The highest BCUT2D eigenvalue weighted by molar-refractivity contribution is 7.89. The second-order valence-corrected chi connectivity index (χ2v) is 10.3. The van der Waals surface area contributed by atoms with Gasteiger partial charge >= 0.3 is 0 Å². The van der Waals surface area contributed by atoms with Crippen molar-refractivity contribution in [2.75, 3.05) is 32.7 Å². The van der Waals surface area contributed by atoms with Gasteiger partial charge in [-0.05, 0) is 24.3 Å². The molecule has 0 aliphatic carbocycles. The van der Waals surface area contributed by atoms with Crippen LogP contribution < -0.4 is 0 Å². The third kappa shape index (κ3) is 3.78. The van der Waals surface area contributed by atoms with Crippen molar-refractivity contribution in [2.24, 2.45) is 5.92 Å². The Bertz CT molecular complexity index is 1250. The number of fused-ring (bicyclic) bond motifs is 1. The van der Waals surface area contributed by atoms with Crippen molar-refractivity contribution in [1.82, 2.24) is 22.9 Å². The topological polar surface area (TPSA) is 117 Å². The van der Waals surface area contributed by atoms with Crippen molar-refractivity contribution in [2.45, 2.75) is 17.9 Å². The van der Waals surface area contributed by atoms with Crippen molar-refractivity contribution >= 4 is 44.6 Å². The molecule has 12 heteroatoms. The van der Waals surface area contributed by atoms with Gasteiger partial charge in [-0.1, -0.05) is 6.07 Å². The first-order valence-electron chi connectivity index (χ1n) is 10.2. The van der Waals surface area contributed by atoms with Gasteiger partial charge < -0.3 is 14.2 Å². The molecule has 4 heterocycles. The summed E-state index contributed by atoms with van der Waals surface area (Å²) >= 11 is 0.976. The highest BCUT2D eigenvalue weighted by Gasteiger charge is 2.39. The predicted molar refractivity (Wildman–Crippen MR) is 115 cm³/mol. The minimum absolute atomic E-state index is 0.0778. The molecule has 0 bridgehead atoms. The third-order valence-corrected chi connectivity index (χ3v) is 8.38. The van der Waals surface area contributed by atoms with Gasteiger partial charge in [0.05, 0.1) is 30.5 Å². The van der Waals surface area contributed by atoms with E-state index in [1.54, 1.807) is 40.3 Å². The highest BCUT2D eigenvalue weighted by Crippen LogP contribution is 2.27. The van der Waals surface area contributed by atoms with Crippen LogP contribution in [0, 0.1) is 5.92 Å². The average Bonchev–Trinajstić information content (AvgIpc) is 3.55. The first kappa shape index (κ1) is 21.0. The maximum Gasteiger partial charge on any atom is 0.245 e. The second kappa shape index (κ2) is 8.26. The molecule has 2 amide bonds. The summed E-state index contributed by atoms with van der Waals surface area (Å²) < 4.78 is 41.3. The molecular formula is C20H21N5O5S2. The minimum Gasteiger partial charge on any atom is -0.467 e. The number of hydrogen-bond acceptors (Lipinski definition) is 8. The van der Waals surface area contributed by atoms with Crippen LogP contribution in [-0.4, -0.2) is 75.8 Å². The van der Waals surface area contributed by atoms with E-state index in [4.69, 9.17) is 4.42 Å². The summed E-state index contributed by atoms with van der Waals surface area (Å²) in [6.07, 6.45) is 1.72. The molecule has 1 aromatic carbocycles. The fraction of sp³-hybridized carbons (Fsp3) is 0.400. The molecule has 2 aliphatic rings. The SMILES string of the molecule is O=C1C[C@@H](C(=O)N2CCN(S(=O)(=O)c3cccc4nsnc34)CC2)CN1Cc1ccco1. The van der Waals surface area contributed by atoms with E-state index in [0.717, 1.165) is 11.7 Å². The number of likely N-dealkylation sites (tertiary alicyclic amines) is 1. The summed E-state index contributed by atoms with van der Waals surface area (Å²) in [4.78, 5) is 28.8. The molecule has 2 saturated heterocycles. The van der Waals surface area contributed by atoms with Crippen LogP contribution in [0.5, 0.6) is 0 Å². The monoisotopic (exact) mass is 475 g/mol. The molecule has 1 atom stereocenters. The lowest BCUT2D eigenvalue weighted by Crippen LogP contribution is -2.52. The molecule has 2 fully saturated rings. The molecule has 3 aromatic rings. The third-order valence-electron chi connectivity index (χ3n) is 5.91. The lowest BCUT2D eigenvalue weighted by molar-refractivity contribution is -0.137. The van der Waals surface area contributed by atoms with E-state index < -0.39 is 15.9 Å². The molecule has 10 nitrogen and oxygen atoms in total. The Labute approximate surface area is 188 Å². The van der Waals surface area contributed by atoms with Gasteiger partial charge in [-0.2, -0.15) is 13.1 Å². The Morgan fingerprint density at radius 3 is 2.69 bits per heavy atom. The van der Waals surface area contributed by atoms with Gasteiger partial charge in [0.2, 0.25) is 21.8 Å². The second-order valence-electron chi connectivity index (χ2n) is 7.87. The molecule has 0 unspecified atom stereocenters. The zero-order valence-electron chi connectivity index (χ0n) is 17.1. The van der Waals surface area contributed by atoms with Gasteiger partial charge in [0.15, 0.2) is 0 Å². The quantitative estimate of drug-likeness (QED) is 0.544. The van der Waals surface area contributed by atoms with E-state index in [2.05, 4.69) is 8.75 Å². The first-order chi connectivity index (χ1) is 15.4. The van der Waals surface area contributed by atoms with Crippen LogP contribution in [0.15, 0.2) is 45.9 Å². The molecule has 2 aromatic heterocycles. The maximum absolute atomic E-state index is 13.2. The van der Waals surface area contributed by atoms with Crippen LogP contribution in [0.2, 0.25) is 0 Å². The van der Waals surface area contributed by atoms with Gasteiger partial charge in [0, 0.05) is 39.1 Å². The molecule has 32 heavy (non-hydrogen) atoms. The van der Waals surface area contributed by atoms with E-state index in [-0.39, 0.29) is 49.3 Å². The summed E-state index contributed by atoms with van der Waals surface area (Å²) in [6, 6.07) is 8.48. The van der Waals surface area contributed by atoms with Crippen LogP contribution >= 0.6 is 11.7 Å². The van der Waals surface area contributed by atoms with Gasteiger partial charge in [0.1, 0.15) is 21.7 Å². The van der Waals surface area contributed by atoms with Crippen LogP contribution in [0.4, 0.5) is 0 Å². The van der Waals surface area contributed by atoms with Crippen molar-refractivity contribution in [1.29, 1.82) is 0 Å². The molecule has 0 radical (unpaired) electrons. The lowest BCUT2D eigenvalue weighted by Gasteiger charge is -2.35. The molecular weight excluding hydrogens is 454 g/mol. The number of sulfonamides is 1. The van der Waals surface area contributed by atoms with E-state index in [0.29, 0.717) is 29.9 Å². The Hall–Kier alpha value is -2.83. The number of carbonyl (C=O) groups excluding carboxylic acids is 2. The summed E-state index contributed by atoms with van der Waals surface area (Å²) in [5, 5.41) is 0. The van der Waals surface area contributed by atoms with E-state index in [1.807, 2.05) is 0 Å². The van der Waals surface area contributed by atoms with Crippen molar-refractivity contribution in [3.05, 3.63) is 42.4 Å². The number of benzene rings is 1. The standard InChI is InChI=1S/C20H21N5O5S2/c26-18-11-14(12-24(18)13-15-3-2-10-30-15)20(27)23-6-8-25(9-7-23)32(28,29)17-5-1-4-16-19(17)22-31-21-16/h1-5,10,14H,6-9,11-13H2/t14-/m1/s1.